The first-order valence-corrected chi connectivity index (χ1v) is 7.24. The Bertz CT molecular complexity index is 588. The molecule has 0 aliphatic rings. The summed E-state index contributed by atoms with van der Waals surface area (Å²) in [6, 6.07) is 9.35. The van der Waals surface area contributed by atoms with E-state index in [0.29, 0.717) is 24.1 Å². The van der Waals surface area contributed by atoms with Gasteiger partial charge in [-0.2, -0.15) is 0 Å². The fourth-order valence-corrected chi connectivity index (χ4v) is 2.37. The number of nitrogens with zero attached hydrogens (tertiary/aromatic N) is 3. The quantitative estimate of drug-likeness (QED) is 0.703. The van der Waals surface area contributed by atoms with E-state index < -0.39 is 5.97 Å². The number of carbonyl (C=O) groups is 1. The van der Waals surface area contributed by atoms with Gasteiger partial charge in [-0.3, -0.25) is 4.79 Å². The SMILES string of the molecule is O=C(O)CSc1nnc(CO)n1CCOc1ccccc1. The van der Waals surface area contributed by atoms with Gasteiger partial charge in [0.25, 0.3) is 0 Å². The van der Waals surface area contributed by atoms with Crippen molar-refractivity contribution in [3.63, 3.8) is 0 Å². The van der Waals surface area contributed by atoms with Crippen LogP contribution >= 0.6 is 11.8 Å². The summed E-state index contributed by atoms with van der Waals surface area (Å²) >= 11 is 1.06. The van der Waals surface area contributed by atoms with E-state index in [-0.39, 0.29) is 12.4 Å². The van der Waals surface area contributed by atoms with Gasteiger partial charge in [0.05, 0.1) is 12.3 Å². The Labute approximate surface area is 125 Å². The zero-order valence-corrected chi connectivity index (χ0v) is 12.0. The summed E-state index contributed by atoms with van der Waals surface area (Å²) in [6.45, 7) is 0.543. The lowest BCUT2D eigenvalue weighted by Crippen LogP contribution is -2.13. The lowest BCUT2D eigenvalue weighted by molar-refractivity contribution is -0.133. The highest BCUT2D eigenvalue weighted by atomic mass is 32.2. The summed E-state index contributed by atoms with van der Waals surface area (Å²) in [4.78, 5) is 10.6. The summed E-state index contributed by atoms with van der Waals surface area (Å²) in [7, 11) is 0. The molecule has 0 unspecified atom stereocenters. The molecule has 0 saturated heterocycles. The highest BCUT2D eigenvalue weighted by Gasteiger charge is 2.13. The number of carboxylic acids is 1. The zero-order valence-electron chi connectivity index (χ0n) is 11.2. The minimum atomic E-state index is -0.930. The van der Waals surface area contributed by atoms with Gasteiger partial charge in [0.15, 0.2) is 11.0 Å². The normalized spacial score (nSPS) is 10.5. The lowest BCUT2D eigenvalue weighted by atomic mass is 10.3. The monoisotopic (exact) mass is 309 g/mol. The molecule has 8 heteroatoms. The molecule has 1 heterocycles. The fourth-order valence-electron chi connectivity index (χ4n) is 1.67. The topological polar surface area (TPSA) is 97.5 Å². The van der Waals surface area contributed by atoms with Gasteiger partial charge >= 0.3 is 5.97 Å². The van der Waals surface area contributed by atoms with Gasteiger partial charge in [0, 0.05) is 0 Å². The van der Waals surface area contributed by atoms with Crippen LogP contribution in [0.4, 0.5) is 0 Å². The molecule has 0 aliphatic carbocycles. The van der Waals surface area contributed by atoms with Crippen molar-refractivity contribution in [2.24, 2.45) is 0 Å². The van der Waals surface area contributed by atoms with Crippen LogP contribution in [0, 0.1) is 0 Å². The van der Waals surface area contributed by atoms with Crippen LogP contribution in [0.1, 0.15) is 5.82 Å². The van der Waals surface area contributed by atoms with E-state index in [1.165, 1.54) is 0 Å². The number of rotatable bonds is 8. The van der Waals surface area contributed by atoms with Crippen molar-refractivity contribution in [3.05, 3.63) is 36.2 Å². The van der Waals surface area contributed by atoms with Crippen LogP contribution in [0.15, 0.2) is 35.5 Å². The summed E-state index contributed by atoms with van der Waals surface area (Å²) in [5, 5.41) is 26.1. The molecule has 7 nitrogen and oxygen atoms in total. The highest BCUT2D eigenvalue weighted by Crippen LogP contribution is 2.17. The molecule has 1 aromatic carbocycles. The molecule has 2 N–H and O–H groups in total. The average molecular weight is 309 g/mol. The molecular weight excluding hydrogens is 294 g/mol. The second-order valence-corrected chi connectivity index (χ2v) is 4.99. The average Bonchev–Trinajstić information content (AvgIpc) is 2.88. The van der Waals surface area contributed by atoms with E-state index >= 15 is 0 Å². The molecule has 0 atom stereocenters. The number of benzene rings is 1. The molecule has 0 spiro atoms. The predicted molar refractivity (Wildman–Crippen MR) is 76.2 cm³/mol. The first-order chi connectivity index (χ1) is 10.2. The molecular formula is C13H15N3O4S. The maximum Gasteiger partial charge on any atom is 0.313 e. The Balaban J connectivity index is 1.97. The number of aliphatic carboxylic acids is 1. The largest absolute Gasteiger partial charge is 0.492 e. The molecule has 1 aromatic heterocycles. The zero-order chi connectivity index (χ0) is 15.1. The van der Waals surface area contributed by atoms with Gasteiger partial charge in [-0.25, -0.2) is 0 Å². The van der Waals surface area contributed by atoms with Crippen LogP contribution in [-0.4, -0.2) is 43.3 Å². The Hall–Kier alpha value is -2.06. The van der Waals surface area contributed by atoms with Crippen LogP contribution in [0.2, 0.25) is 0 Å². The first-order valence-electron chi connectivity index (χ1n) is 6.26. The molecule has 0 saturated carbocycles. The Morgan fingerprint density at radius 2 is 2.05 bits per heavy atom. The van der Waals surface area contributed by atoms with Gasteiger partial charge in [-0.15, -0.1) is 10.2 Å². The molecule has 0 fully saturated rings. The summed E-state index contributed by atoms with van der Waals surface area (Å²) < 4.78 is 7.24. The Morgan fingerprint density at radius 3 is 2.71 bits per heavy atom. The van der Waals surface area contributed by atoms with E-state index in [2.05, 4.69) is 10.2 Å². The number of thioether (sulfide) groups is 1. The molecule has 21 heavy (non-hydrogen) atoms. The Morgan fingerprint density at radius 1 is 1.29 bits per heavy atom. The van der Waals surface area contributed by atoms with Gasteiger partial charge in [0.1, 0.15) is 19.0 Å². The van der Waals surface area contributed by atoms with E-state index in [9.17, 15) is 9.90 Å². The predicted octanol–water partition coefficient (Wildman–Crippen LogP) is 1.03. The Kier molecular flexibility index (Phi) is 5.59. The van der Waals surface area contributed by atoms with Gasteiger partial charge in [0.2, 0.25) is 0 Å². The number of ether oxygens (including phenoxy) is 1. The molecule has 2 aromatic rings. The number of para-hydroxylation sites is 1. The van der Waals surface area contributed by atoms with Gasteiger partial charge in [-0.05, 0) is 12.1 Å². The van der Waals surface area contributed by atoms with E-state index in [1.807, 2.05) is 30.3 Å². The standard InChI is InChI=1S/C13H15N3O4S/c17-8-11-14-15-13(21-9-12(18)19)16(11)6-7-20-10-4-2-1-3-5-10/h1-5,17H,6-9H2,(H,18,19). The van der Waals surface area contributed by atoms with Gasteiger partial charge < -0.3 is 19.5 Å². The minimum absolute atomic E-state index is 0.108. The third-order valence-corrected chi connectivity index (χ3v) is 3.54. The van der Waals surface area contributed by atoms with Crippen molar-refractivity contribution in [1.82, 2.24) is 14.8 Å². The molecule has 0 amide bonds. The van der Waals surface area contributed by atoms with Crippen molar-refractivity contribution in [2.45, 2.75) is 18.3 Å². The number of hydrogen-bond acceptors (Lipinski definition) is 6. The molecule has 0 radical (unpaired) electrons. The second-order valence-electron chi connectivity index (χ2n) is 4.05. The molecule has 112 valence electrons. The van der Waals surface area contributed by atoms with Crippen molar-refractivity contribution in [2.75, 3.05) is 12.4 Å². The lowest BCUT2D eigenvalue weighted by Gasteiger charge is -2.10. The smallest absolute Gasteiger partial charge is 0.313 e. The van der Waals surface area contributed by atoms with Crippen molar-refractivity contribution < 1.29 is 19.7 Å². The van der Waals surface area contributed by atoms with Crippen molar-refractivity contribution in [1.29, 1.82) is 0 Å². The van der Waals surface area contributed by atoms with Crippen molar-refractivity contribution >= 4 is 17.7 Å². The number of aromatic nitrogens is 3. The highest BCUT2D eigenvalue weighted by molar-refractivity contribution is 7.99. The first kappa shape index (κ1) is 15.3. The van der Waals surface area contributed by atoms with Crippen LogP contribution in [0.3, 0.4) is 0 Å². The maximum atomic E-state index is 10.6. The number of carboxylic acid groups (broad SMARTS) is 1. The fraction of sp³-hybridized carbons (Fsp3) is 0.308. The van der Waals surface area contributed by atoms with E-state index in [0.717, 1.165) is 17.5 Å². The van der Waals surface area contributed by atoms with Crippen LogP contribution in [-0.2, 0) is 17.9 Å². The third kappa shape index (κ3) is 4.47. The van der Waals surface area contributed by atoms with E-state index in [4.69, 9.17) is 9.84 Å². The third-order valence-electron chi connectivity index (χ3n) is 2.59. The maximum absolute atomic E-state index is 10.6. The molecule has 2 rings (SSSR count). The van der Waals surface area contributed by atoms with Gasteiger partial charge in [-0.1, -0.05) is 30.0 Å². The second kappa shape index (κ2) is 7.65. The molecule has 0 bridgehead atoms. The van der Waals surface area contributed by atoms with Crippen molar-refractivity contribution in [3.8, 4) is 5.75 Å². The summed E-state index contributed by atoms with van der Waals surface area (Å²) in [5.41, 5.74) is 0. The summed E-state index contributed by atoms with van der Waals surface area (Å²) in [6.07, 6.45) is 0. The number of aliphatic hydroxyl groups excluding tert-OH is 1. The van der Waals surface area contributed by atoms with E-state index in [1.54, 1.807) is 4.57 Å². The number of aliphatic hydroxyl groups is 1. The minimum Gasteiger partial charge on any atom is -0.492 e. The van der Waals surface area contributed by atoms with Crippen LogP contribution in [0.5, 0.6) is 5.75 Å². The van der Waals surface area contributed by atoms with Crippen LogP contribution in [0.25, 0.3) is 0 Å². The number of hydrogen-bond donors (Lipinski definition) is 2. The summed E-state index contributed by atoms with van der Waals surface area (Å²) in [5.74, 6) is 0.0966. The van der Waals surface area contributed by atoms with Crippen LogP contribution < -0.4 is 4.74 Å². The molecule has 0 aliphatic heterocycles.